The van der Waals surface area contributed by atoms with Gasteiger partial charge >= 0.3 is 0 Å². The molecule has 2 rings (SSSR count). The van der Waals surface area contributed by atoms with Crippen molar-refractivity contribution in [1.82, 2.24) is 10.3 Å². The molecule has 6 heteroatoms. The third-order valence-electron chi connectivity index (χ3n) is 3.06. The van der Waals surface area contributed by atoms with Crippen LogP contribution >= 0.6 is 31.9 Å². The van der Waals surface area contributed by atoms with Crippen LogP contribution in [0.5, 0.6) is 0 Å². The topological polar surface area (TPSA) is 24.9 Å². The lowest BCUT2D eigenvalue weighted by Gasteiger charge is -2.19. The Labute approximate surface area is 139 Å². The van der Waals surface area contributed by atoms with Crippen molar-refractivity contribution >= 4 is 31.9 Å². The van der Waals surface area contributed by atoms with Gasteiger partial charge in [0.2, 0.25) is 0 Å². The van der Waals surface area contributed by atoms with Crippen LogP contribution in [0.15, 0.2) is 39.4 Å². The summed E-state index contributed by atoms with van der Waals surface area (Å²) < 4.78 is 28.5. The molecule has 1 aromatic heterocycles. The summed E-state index contributed by atoms with van der Waals surface area (Å²) in [5.74, 6) is -1.11. The molecule has 0 bridgehead atoms. The average molecular weight is 420 g/mol. The Hall–Kier alpha value is -0.850. The molecule has 2 aromatic rings. The predicted octanol–water partition coefficient (Wildman–Crippen LogP) is 4.78. The molecule has 0 amide bonds. The fourth-order valence-electron chi connectivity index (χ4n) is 2.10. The molecule has 0 aliphatic rings. The summed E-state index contributed by atoms with van der Waals surface area (Å²) in [5, 5.41) is 3.28. The highest BCUT2D eigenvalue weighted by molar-refractivity contribution is 9.11. The van der Waals surface area contributed by atoms with Gasteiger partial charge in [-0.25, -0.2) is 8.78 Å². The molecule has 21 heavy (non-hydrogen) atoms. The van der Waals surface area contributed by atoms with E-state index in [1.807, 2.05) is 13.0 Å². The minimum atomic E-state index is -0.570. The number of nitrogens with one attached hydrogen (secondary N) is 1. The molecule has 2 nitrogen and oxygen atoms in total. The molecular weight excluding hydrogens is 406 g/mol. The Morgan fingerprint density at radius 3 is 2.62 bits per heavy atom. The van der Waals surface area contributed by atoms with E-state index in [2.05, 4.69) is 42.2 Å². The van der Waals surface area contributed by atoms with E-state index in [4.69, 9.17) is 0 Å². The van der Waals surface area contributed by atoms with Gasteiger partial charge in [-0.15, -0.1) is 0 Å². The predicted molar refractivity (Wildman–Crippen MR) is 86.1 cm³/mol. The van der Waals surface area contributed by atoms with E-state index in [1.54, 1.807) is 6.20 Å². The van der Waals surface area contributed by atoms with Gasteiger partial charge in [0.1, 0.15) is 11.6 Å². The summed E-state index contributed by atoms with van der Waals surface area (Å²) in [7, 11) is 0. The van der Waals surface area contributed by atoms with Gasteiger partial charge < -0.3 is 5.32 Å². The zero-order chi connectivity index (χ0) is 15.4. The Kier molecular flexibility index (Phi) is 5.84. The van der Waals surface area contributed by atoms with Gasteiger partial charge in [0.15, 0.2) is 0 Å². The molecule has 0 saturated heterocycles. The van der Waals surface area contributed by atoms with E-state index in [0.29, 0.717) is 12.0 Å². The van der Waals surface area contributed by atoms with Crippen LogP contribution in [0.1, 0.15) is 24.2 Å². The van der Waals surface area contributed by atoms with E-state index in [9.17, 15) is 8.78 Å². The molecule has 0 spiro atoms. The average Bonchev–Trinajstić information content (AvgIpc) is 2.41. The molecule has 1 atom stereocenters. The number of aromatic nitrogens is 1. The lowest BCUT2D eigenvalue weighted by atomic mass is 10.0. The van der Waals surface area contributed by atoms with Crippen LogP contribution in [0.4, 0.5) is 8.78 Å². The Bertz CT molecular complexity index is 635. The first-order valence-electron chi connectivity index (χ1n) is 6.49. The van der Waals surface area contributed by atoms with Crippen LogP contribution in [0.25, 0.3) is 0 Å². The Balaban J connectivity index is 2.30. The molecule has 112 valence electrons. The molecule has 1 heterocycles. The number of hydrogen-bond donors (Lipinski definition) is 1. The SMILES string of the molecule is CCNC(Cc1ccc(F)cc1F)c1ncc(Br)cc1Br. The minimum Gasteiger partial charge on any atom is -0.309 e. The summed E-state index contributed by atoms with van der Waals surface area (Å²) in [6, 6.07) is 5.39. The van der Waals surface area contributed by atoms with E-state index in [0.717, 1.165) is 27.3 Å². The van der Waals surface area contributed by atoms with Gasteiger partial charge in [0, 0.05) is 21.2 Å². The number of halogens is 4. The van der Waals surface area contributed by atoms with Gasteiger partial charge in [0.25, 0.3) is 0 Å². The summed E-state index contributed by atoms with van der Waals surface area (Å²) >= 11 is 6.83. The maximum atomic E-state index is 13.8. The summed E-state index contributed by atoms with van der Waals surface area (Å²) in [5.41, 5.74) is 1.25. The molecule has 1 unspecified atom stereocenters. The summed E-state index contributed by atoms with van der Waals surface area (Å²) in [6.45, 7) is 2.69. The molecule has 0 aliphatic carbocycles. The number of rotatable bonds is 5. The van der Waals surface area contributed by atoms with Crippen LogP contribution in [0, 0.1) is 11.6 Å². The third-order valence-corrected chi connectivity index (χ3v) is 4.12. The second-order valence-corrected chi connectivity index (χ2v) is 6.34. The van der Waals surface area contributed by atoms with E-state index < -0.39 is 11.6 Å². The number of likely N-dealkylation sites (N-methyl/N-ethyl adjacent to an activating group) is 1. The van der Waals surface area contributed by atoms with Gasteiger partial charge in [0.05, 0.1) is 11.7 Å². The Morgan fingerprint density at radius 2 is 2.00 bits per heavy atom. The molecule has 0 aliphatic heterocycles. The van der Waals surface area contributed by atoms with Gasteiger partial charge in [-0.2, -0.15) is 0 Å². The maximum absolute atomic E-state index is 13.8. The van der Waals surface area contributed by atoms with Gasteiger partial charge in [-0.1, -0.05) is 13.0 Å². The molecule has 0 fully saturated rings. The van der Waals surface area contributed by atoms with Crippen LogP contribution < -0.4 is 5.32 Å². The second kappa shape index (κ2) is 7.42. The van der Waals surface area contributed by atoms with Crippen molar-refractivity contribution < 1.29 is 8.78 Å². The van der Waals surface area contributed by atoms with Crippen LogP contribution in [0.3, 0.4) is 0 Å². The van der Waals surface area contributed by atoms with Crippen molar-refractivity contribution in [1.29, 1.82) is 0 Å². The number of pyridine rings is 1. The van der Waals surface area contributed by atoms with E-state index >= 15 is 0 Å². The van der Waals surface area contributed by atoms with Crippen LogP contribution in [-0.2, 0) is 6.42 Å². The smallest absolute Gasteiger partial charge is 0.129 e. The largest absolute Gasteiger partial charge is 0.309 e. The third kappa shape index (κ3) is 4.31. The lowest BCUT2D eigenvalue weighted by Crippen LogP contribution is -2.24. The molecule has 0 saturated carbocycles. The van der Waals surface area contributed by atoms with Crippen molar-refractivity contribution in [2.24, 2.45) is 0 Å². The highest BCUT2D eigenvalue weighted by Crippen LogP contribution is 2.27. The van der Waals surface area contributed by atoms with Crippen molar-refractivity contribution in [2.45, 2.75) is 19.4 Å². The summed E-state index contributed by atoms with van der Waals surface area (Å²) in [6.07, 6.45) is 2.10. The molecular formula is C15H14Br2F2N2. The number of nitrogens with zero attached hydrogens (tertiary/aromatic N) is 1. The molecule has 1 aromatic carbocycles. The minimum absolute atomic E-state index is 0.155. The quantitative estimate of drug-likeness (QED) is 0.754. The van der Waals surface area contributed by atoms with Crippen LogP contribution in [-0.4, -0.2) is 11.5 Å². The number of hydrogen-bond acceptors (Lipinski definition) is 2. The first kappa shape index (κ1) is 16.5. The zero-order valence-electron chi connectivity index (χ0n) is 11.3. The van der Waals surface area contributed by atoms with Crippen molar-refractivity contribution in [3.63, 3.8) is 0 Å². The monoisotopic (exact) mass is 418 g/mol. The molecule has 1 N–H and O–H groups in total. The fourth-order valence-corrected chi connectivity index (χ4v) is 3.36. The van der Waals surface area contributed by atoms with E-state index in [-0.39, 0.29) is 6.04 Å². The molecule has 0 radical (unpaired) electrons. The van der Waals surface area contributed by atoms with Crippen molar-refractivity contribution in [3.8, 4) is 0 Å². The number of benzene rings is 1. The van der Waals surface area contributed by atoms with Crippen LogP contribution in [0.2, 0.25) is 0 Å². The second-order valence-electron chi connectivity index (χ2n) is 4.57. The van der Waals surface area contributed by atoms with Gasteiger partial charge in [-0.05, 0) is 62.5 Å². The maximum Gasteiger partial charge on any atom is 0.129 e. The summed E-state index contributed by atoms with van der Waals surface area (Å²) in [4.78, 5) is 4.39. The lowest BCUT2D eigenvalue weighted by molar-refractivity contribution is 0.511. The highest BCUT2D eigenvalue weighted by atomic mass is 79.9. The van der Waals surface area contributed by atoms with Gasteiger partial charge in [-0.3, -0.25) is 4.98 Å². The Morgan fingerprint density at radius 1 is 1.24 bits per heavy atom. The first-order chi connectivity index (χ1) is 10.0. The fraction of sp³-hybridized carbons (Fsp3) is 0.267. The van der Waals surface area contributed by atoms with Crippen molar-refractivity contribution in [3.05, 3.63) is 62.3 Å². The van der Waals surface area contributed by atoms with E-state index in [1.165, 1.54) is 12.1 Å². The standard InChI is InChI=1S/C15H14Br2F2N2/c1-2-20-14(15-12(17)6-10(16)8-21-15)5-9-3-4-11(18)7-13(9)19/h3-4,6-8,14,20H,2,5H2,1H3. The van der Waals surface area contributed by atoms with Crippen molar-refractivity contribution in [2.75, 3.05) is 6.54 Å². The zero-order valence-corrected chi connectivity index (χ0v) is 14.5. The normalized spacial score (nSPS) is 12.4. The first-order valence-corrected chi connectivity index (χ1v) is 8.08. The highest BCUT2D eigenvalue weighted by Gasteiger charge is 2.18.